The minimum Gasteiger partial charge on any atom is -0.332 e. The van der Waals surface area contributed by atoms with Gasteiger partial charge in [-0.25, -0.2) is 4.98 Å². The van der Waals surface area contributed by atoms with Crippen LogP contribution in [0.1, 0.15) is 29.1 Å². The number of pyridine rings is 1. The summed E-state index contributed by atoms with van der Waals surface area (Å²) in [6, 6.07) is 4.75. The molecule has 2 saturated heterocycles. The summed E-state index contributed by atoms with van der Waals surface area (Å²) < 4.78 is 0. The Bertz CT molecular complexity index is 702. The average molecular weight is 328 g/mol. The number of hydrogen-bond acceptors (Lipinski definition) is 5. The van der Waals surface area contributed by atoms with Gasteiger partial charge >= 0.3 is 0 Å². The van der Waals surface area contributed by atoms with Crippen LogP contribution in [-0.2, 0) is 17.9 Å². The van der Waals surface area contributed by atoms with Gasteiger partial charge in [-0.15, -0.1) is 11.3 Å². The van der Waals surface area contributed by atoms with Crippen molar-refractivity contribution in [2.24, 2.45) is 0 Å². The highest BCUT2D eigenvalue weighted by atomic mass is 32.1. The third-order valence-electron chi connectivity index (χ3n) is 4.84. The van der Waals surface area contributed by atoms with Crippen LogP contribution in [0, 0.1) is 6.92 Å². The second-order valence-corrected chi connectivity index (χ2v) is 7.40. The first kappa shape index (κ1) is 14.8. The molecule has 4 heterocycles. The van der Waals surface area contributed by atoms with Crippen molar-refractivity contribution in [1.29, 1.82) is 0 Å². The second-order valence-electron chi connectivity index (χ2n) is 6.34. The lowest BCUT2D eigenvalue weighted by Crippen LogP contribution is -2.36. The Labute approximate surface area is 140 Å². The SMILES string of the molecule is Cc1nc(CN2C(=O)C[C@@H]3[C@@H]2CCN3Cc2cccnc2)cs1. The zero-order valence-corrected chi connectivity index (χ0v) is 14.0. The van der Waals surface area contributed by atoms with E-state index < -0.39 is 0 Å². The van der Waals surface area contributed by atoms with Crippen LogP contribution in [0.15, 0.2) is 29.9 Å². The molecule has 1 amide bonds. The van der Waals surface area contributed by atoms with Crippen molar-refractivity contribution in [2.45, 2.75) is 44.9 Å². The number of rotatable bonds is 4. The molecule has 6 heteroatoms. The van der Waals surface area contributed by atoms with Gasteiger partial charge in [0, 0.05) is 49.4 Å². The fourth-order valence-electron chi connectivity index (χ4n) is 3.79. The van der Waals surface area contributed by atoms with Gasteiger partial charge in [-0.1, -0.05) is 6.07 Å². The summed E-state index contributed by atoms with van der Waals surface area (Å²) in [7, 11) is 0. The van der Waals surface area contributed by atoms with E-state index >= 15 is 0 Å². The summed E-state index contributed by atoms with van der Waals surface area (Å²) in [6.45, 7) is 4.59. The normalized spacial score (nSPS) is 24.4. The highest BCUT2D eigenvalue weighted by Crippen LogP contribution is 2.34. The van der Waals surface area contributed by atoms with Crippen LogP contribution >= 0.6 is 11.3 Å². The molecular formula is C17H20N4OS. The summed E-state index contributed by atoms with van der Waals surface area (Å²) in [5, 5.41) is 3.13. The van der Waals surface area contributed by atoms with Crippen LogP contribution in [0.5, 0.6) is 0 Å². The molecular weight excluding hydrogens is 308 g/mol. The number of likely N-dealkylation sites (tertiary alicyclic amines) is 2. The lowest BCUT2D eigenvalue weighted by atomic mass is 10.1. The Balaban J connectivity index is 1.46. The van der Waals surface area contributed by atoms with E-state index in [9.17, 15) is 4.79 Å². The zero-order valence-electron chi connectivity index (χ0n) is 13.2. The minimum absolute atomic E-state index is 0.265. The van der Waals surface area contributed by atoms with Crippen LogP contribution < -0.4 is 0 Å². The Hall–Kier alpha value is -1.79. The molecule has 4 rings (SSSR count). The molecule has 0 aromatic carbocycles. The van der Waals surface area contributed by atoms with E-state index in [1.807, 2.05) is 24.1 Å². The van der Waals surface area contributed by atoms with Gasteiger partial charge in [0.25, 0.3) is 0 Å². The molecule has 2 aliphatic heterocycles. The first-order valence-corrected chi connectivity index (χ1v) is 8.92. The molecule has 0 unspecified atom stereocenters. The third kappa shape index (κ3) is 2.88. The number of fused-ring (bicyclic) bond motifs is 1. The predicted octanol–water partition coefficient (Wildman–Crippen LogP) is 2.22. The third-order valence-corrected chi connectivity index (χ3v) is 5.66. The highest BCUT2D eigenvalue weighted by Gasteiger charge is 2.46. The summed E-state index contributed by atoms with van der Waals surface area (Å²) in [6.07, 6.45) is 5.40. The number of amides is 1. The van der Waals surface area contributed by atoms with Gasteiger partial charge in [-0.3, -0.25) is 14.7 Å². The summed E-state index contributed by atoms with van der Waals surface area (Å²) in [5.41, 5.74) is 2.24. The molecule has 120 valence electrons. The molecule has 5 nitrogen and oxygen atoms in total. The number of aromatic nitrogens is 2. The van der Waals surface area contributed by atoms with Gasteiger partial charge in [0.05, 0.1) is 17.2 Å². The number of nitrogens with zero attached hydrogens (tertiary/aromatic N) is 4. The minimum atomic E-state index is 0.265. The number of hydrogen-bond donors (Lipinski definition) is 0. The Morgan fingerprint density at radius 1 is 1.35 bits per heavy atom. The second kappa shape index (κ2) is 6.02. The number of carbonyl (C=O) groups is 1. The molecule has 0 N–H and O–H groups in total. The first-order valence-electron chi connectivity index (χ1n) is 8.04. The molecule has 23 heavy (non-hydrogen) atoms. The van der Waals surface area contributed by atoms with E-state index in [0.29, 0.717) is 25.0 Å². The van der Waals surface area contributed by atoms with Gasteiger partial charge in [-0.05, 0) is 25.0 Å². The van der Waals surface area contributed by atoms with E-state index in [1.54, 1.807) is 17.5 Å². The number of thiazole rings is 1. The fourth-order valence-corrected chi connectivity index (χ4v) is 4.40. The van der Waals surface area contributed by atoms with E-state index in [2.05, 4.69) is 26.3 Å². The van der Waals surface area contributed by atoms with Crippen molar-refractivity contribution in [1.82, 2.24) is 19.8 Å². The number of aryl methyl sites for hydroxylation is 1. The van der Waals surface area contributed by atoms with Crippen molar-refractivity contribution in [2.75, 3.05) is 6.54 Å². The monoisotopic (exact) mass is 328 g/mol. The Morgan fingerprint density at radius 2 is 2.26 bits per heavy atom. The molecule has 2 fully saturated rings. The fraction of sp³-hybridized carbons (Fsp3) is 0.471. The molecule has 0 spiro atoms. The van der Waals surface area contributed by atoms with E-state index in [4.69, 9.17) is 0 Å². The van der Waals surface area contributed by atoms with Gasteiger partial charge in [0.15, 0.2) is 0 Å². The van der Waals surface area contributed by atoms with Crippen LogP contribution in [0.2, 0.25) is 0 Å². The largest absolute Gasteiger partial charge is 0.332 e. The lowest BCUT2D eigenvalue weighted by molar-refractivity contribution is -0.129. The topological polar surface area (TPSA) is 49.3 Å². The summed E-state index contributed by atoms with van der Waals surface area (Å²) in [5.74, 6) is 0.265. The van der Waals surface area contributed by atoms with Crippen LogP contribution in [0.3, 0.4) is 0 Å². The Kier molecular flexibility index (Phi) is 3.87. The Morgan fingerprint density at radius 3 is 3.00 bits per heavy atom. The van der Waals surface area contributed by atoms with Crippen LogP contribution in [0.25, 0.3) is 0 Å². The smallest absolute Gasteiger partial charge is 0.224 e. The maximum absolute atomic E-state index is 12.5. The van der Waals surface area contributed by atoms with Gasteiger partial charge in [-0.2, -0.15) is 0 Å². The van der Waals surface area contributed by atoms with Crippen molar-refractivity contribution < 1.29 is 4.79 Å². The quantitative estimate of drug-likeness (QED) is 0.863. The number of carbonyl (C=O) groups excluding carboxylic acids is 1. The van der Waals surface area contributed by atoms with Gasteiger partial charge in [0.1, 0.15) is 0 Å². The first-order chi connectivity index (χ1) is 11.2. The molecule has 2 atom stereocenters. The molecule has 2 aliphatic rings. The van der Waals surface area contributed by atoms with Crippen LogP contribution in [-0.4, -0.2) is 44.3 Å². The molecule has 0 radical (unpaired) electrons. The van der Waals surface area contributed by atoms with E-state index in [1.165, 1.54) is 5.56 Å². The van der Waals surface area contributed by atoms with Gasteiger partial charge in [0.2, 0.25) is 5.91 Å². The molecule has 0 saturated carbocycles. The van der Waals surface area contributed by atoms with E-state index in [0.717, 1.165) is 30.2 Å². The highest BCUT2D eigenvalue weighted by molar-refractivity contribution is 7.09. The van der Waals surface area contributed by atoms with Crippen molar-refractivity contribution >= 4 is 17.2 Å². The van der Waals surface area contributed by atoms with Crippen molar-refractivity contribution in [3.05, 3.63) is 46.2 Å². The zero-order chi connectivity index (χ0) is 15.8. The molecule has 2 aromatic heterocycles. The van der Waals surface area contributed by atoms with Crippen LogP contribution in [0.4, 0.5) is 0 Å². The summed E-state index contributed by atoms with van der Waals surface area (Å²) >= 11 is 1.65. The summed E-state index contributed by atoms with van der Waals surface area (Å²) in [4.78, 5) is 25.6. The van der Waals surface area contributed by atoms with Crippen molar-refractivity contribution in [3.63, 3.8) is 0 Å². The maximum Gasteiger partial charge on any atom is 0.224 e. The van der Waals surface area contributed by atoms with Gasteiger partial charge < -0.3 is 4.90 Å². The predicted molar refractivity (Wildman–Crippen MR) is 88.9 cm³/mol. The molecule has 0 aliphatic carbocycles. The molecule has 2 aromatic rings. The maximum atomic E-state index is 12.5. The average Bonchev–Trinajstić information content (AvgIpc) is 3.21. The van der Waals surface area contributed by atoms with E-state index in [-0.39, 0.29) is 5.91 Å². The standard InChI is InChI=1S/C17H20N4OS/c1-12-19-14(11-23-12)10-21-15-4-6-20(16(15)7-17(21)22)9-13-3-2-5-18-8-13/h2-3,5,8,11,15-16H,4,6-7,9-10H2,1H3/t15-,16+/m0/s1. The molecule has 0 bridgehead atoms. The lowest BCUT2D eigenvalue weighted by Gasteiger charge is -2.25. The van der Waals surface area contributed by atoms with Crippen molar-refractivity contribution in [3.8, 4) is 0 Å².